The number of rotatable bonds is 4. The molecule has 0 aromatic heterocycles. The number of nitrogens with zero attached hydrogens (tertiary/aromatic N) is 1. The molecule has 2 bridgehead atoms. The van der Waals surface area contributed by atoms with Crippen LogP contribution >= 0.6 is 0 Å². The van der Waals surface area contributed by atoms with Crippen molar-refractivity contribution in [2.75, 3.05) is 34.4 Å². The lowest BCUT2D eigenvalue weighted by atomic mass is 9.52. The van der Waals surface area contributed by atoms with Crippen molar-refractivity contribution in [3.63, 3.8) is 0 Å². The predicted octanol–water partition coefficient (Wildman–Crippen LogP) is 3.37. The summed E-state index contributed by atoms with van der Waals surface area (Å²) in [6.07, 6.45) is 4.95. The Labute approximate surface area is 155 Å². The number of hydrogen-bond donors (Lipinski definition) is 1. The normalized spacial score (nSPS) is 33.1. The lowest BCUT2D eigenvalue weighted by Gasteiger charge is -2.59. The van der Waals surface area contributed by atoms with Crippen LogP contribution in [-0.2, 0) is 14.9 Å². The second-order valence-electron chi connectivity index (χ2n) is 7.72. The molecule has 5 nitrogen and oxygen atoms in total. The number of methoxy groups -OCH3 is 2. The maximum Gasteiger partial charge on any atom is 0.161 e. The van der Waals surface area contributed by atoms with Crippen molar-refractivity contribution in [3.8, 4) is 11.5 Å². The topological polar surface area (TPSA) is 51.2 Å². The average Bonchev–Trinajstić information content (AvgIpc) is 2.66. The number of phenolic OH excluding ortho intramolecular Hbond substituents is 1. The number of benzene rings is 1. The molecule has 5 heteroatoms. The highest BCUT2D eigenvalue weighted by molar-refractivity contribution is 5.58. The molecule has 0 unspecified atom stereocenters. The molecular weight excluding hydrogens is 330 g/mol. The maximum absolute atomic E-state index is 11.1. The summed E-state index contributed by atoms with van der Waals surface area (Å²) in [5.74, 6) is 2.23. The van der Waals surface area contributed by atoms with Gasteiger partial charge >= 0.3 is 0 Å². The second kappa shape index (κ2) is 6.46. The molecule has 1 aromatic rings. The first kappa shape index (κ1) is 17.7. The van der Waals surface area contributed by atoms with Gasteiger partial charge in [-0.1, -0.05) is 6.07 Å². The van der Waals surface area contributed by atoms with Crippen molar-refractivity contribution < 1.29 is 19.3 Å². The SMILES string of the molecule is CCO[C@@H]1c2ccc(OC)c(O)c2[C@]23CC=C(OC)C[C@H]2[C@H]1N(C)CC3. The van der Waals surface area contributed by atoms with Gasteiger partial charge in [0.05, 0.1) is 26.1 Å². The monoisotopic (exact) mass is 359 g/mol. The van der Waals surface area contributed by atoms with E-state index in [1.54, 1.807) is 14.2 Å². The molecule has 4 atom stereocenters. The van der Waals surface area contributed by atoms with Gasteiger partial charge in [0, 0.05) is 30.0 Å². The van der Waals surface area contributed by atoms with Gasteiger partial charge in [-0.15, -0.1) is 0 Å². The third-order valence-corrected chi connectivity index (χ3v) is 6.77. The smallest absolute Gasteiger partial charge is 0.161 e. The van der Waals surface area contributed by atoms with Gasteiger partial charge in [-0.3, -0.25) is 0 Å². The van der Waals surface area contributed by atoms with E-state index in [1.807, 2.05) is 13.0 Å². The summed E-state index contributed by atoms with van der Waals surface area (Å²) in [5, 5.41) is 11.1. The van der Waals surface area contributed by atoms with E-state index in [2.05, 4.69) is 24.1 Å². The minimum Gasteiger partial charge on any atom is -0.504 e. The van der Waals surface area contributed by atoms with E-state index in [0.717, 1.165) is 42.7 Å². The number of fused-ring (bicyclic) bond motifs is 1. The zero-order valence-corrected chi connectivity index (χ0v) is 16.1. The van der Waals surface area contributed by atoms with Crippen LogP contribution in [-0.4, -0.2) is 50.5 Å². The van der Waals surface area contributed by atoms with E-state index in [9.17, 15) is 5.11 Å². The summed E-state index contributed by atoms with van der Waals surface area (Å²) in [6.45, 7) is 3.68. The van der Waals surface area contributed by atoms with Gasteiger partial charge in [-0.05, 0) is 57.0 Å². The quantitative estimate of drug-likeness (QED) is 0.893. The molecule has 0 saturated carbocycles. The molecule has 1 N–H and O–H groups in total. The Morgan fingerprint density at radius 3 is 2.77 bits per heavy atom. The highest BCUT2D eigenvalue weighted by Gasteiger charge is 2.58. The summed E-state index contributed by atoms with van der Waals surface area (Å²) in [4.78, 5) is 2.44. The minimum absolute atomic E-state index is 0.0496. The molecule has 1 saturated heterocycles. The molecule has 4 rings (SSSR count). The number of aromatic hydroxyl groups is 1. The summed E-state index contributed by atoms with van der Waals surface area (Å²) in [5.41, 5.74) is 2.07. The fraction of sp³-hybridized carbons (Fsp3) is 0.619. The Morgan fingerprint density at radius 2 is 2.08 bits per heavy atom. The molecule has 1 heterocycles. The van der Waals surface area contributed by atoms with Crippen LogP contribution in [0.1, 0.15) is 43.4 Å². The van der Waals surface area contributed by atoms with E-state index in [4.69, 9.17) is 14.2 Å². The zero-order chi connectivity index (χ0) is 18.5. The van der Waals surface area contributed by atoms with Crippen molar-refractivity contribution in [1.29, 1.82) is 0 Å². The van der Waals surface area contributed by atoms with Gasteiger partial charge in [0.1, 0.15) is 0 Å². The standard InChI is InChI=1S/C21H29NO4/c1-5-26-20-14-6-7-16(25-4)19(23)17(14)21-9-8-13(24-3)12-15(21)18(20)22(2)11-10-21/h6-8,15,18,20,23H,5,9-12H2,1-4H3/t15-,18+,20+,21-/m0/s1. The molecule has 3 aliphatic rings. The van der Waals surface area contributed by atoms with Crippen molar-refractivity contribution in [1.82, 2.24) is 4.90 Å². The molecule has 1 aromatic carbocycles. The molecule has 1 aliphatic heterocycles. The molecule has 1 fully saturated rings. The average molecular weight is 359 g/mol. The number of allylic oxidation sites excluding steroid dienone is 2. The van der Waals surface area contributed by atoms with Gasteiger partial charge in [0.2, 0.25) is 0 Å². The molecule has 0 spiro atoms. The first-order valence-electron chi connectivity index (χ1n) is 9.52. The van der Waals surface area contributed by atoms with Crippen LogP contribution in [0.25, 0.3) is 0 Å². The fourth-order valence-corrected chi connectivity index (χ4v) is 5.60. The van der Waals surface area contributed by atoms with E-state index in [-0.39, 0.29) is 23.3 Å². The van der Waals surface area contributed by atoms with E-state index in [0.29, 0.717) is 18.3 Å². The van der Waals surface area contributed by atoms with Crippen LogP contribution in [0.4, 0.5) is 0 Å². The number of hydrogen-bond acceptors (Lipinski definition) is 5. The predicted molar refractivity (Wildman–Crippen MR) is 99.6 cm³/mol. The number of ether oxygens (including phenoxy) is 3. The molecular formula is C21H29NO4. The van der Waals surface area contributed by atoms with Crippen LogP contribution in [0.5, 0.6) is 11.5 Å². The summed E-state index contributed by atoms with van der Waals surface area (Å²) in [6, 6.07) is 4.24. The molecule has 0 radical (unpaired) electrons. The van der Waals surface area contributed by atoms with E-state index >= 15 is 0 Å². The Bertz CT molecular complexity index is 731. The Morgan fingerprint density at radius 1 is 1.27 bits per heavy atom. The number of likely N-dealkylation sites (tertiary alicyclic amines) is 1. The molecule has 142 valence electrons. The van der Waals surface area contributed by atoms with Gasteiger partial charge < -0.3 is 24.2 Å². The van der Waals surface area contributed by atoms with Crippen molar-refractivity contribution in [2.24, 2.45) is 5.92 Å². The van der Waals surface area contributed by atoms with Crippen LogP contribution in [0.2, 0.25) is 0 Å². The first-order valence-corrected chi connectivity index (χ1v) is 9.52. The molecule has 0 amide bonds. The number of phenols is 1. The van der Waals surface area contributed by atoms with Gasteiger partial charge in [-0.25, -0.2) is 0 Å². The van der Waals surface area contributed by atoms with E-state index < -0.39 is 0 Å². The largest absolute Gasteiger partial charge is 0.504 e. The van der Waals surface area contributed by atoms with Crippen molar-refractivity contribution in [2.45, 2.75) is 43.7 Å². The summed E-state index contributed by atoms with van der Waals surface area (Å²) in [7, 11) is 5.56. The minimum atomic E-state index is -0.0826. The highest BCUT2D eigenvalue weighted by Crippen LogP contribution is 2.61. The fourth-order valence-electron chi connectivity index (χ4n) is 5.60. The van der Waals surface area contributed by atoms with Crippen LogP contribution in [0.15, 0.2) is 24.0 Å². The van der Waals surface area contributed by atoms with Crippen molar-refractivity contribution in [3.05, 3.63) is 35.1 Å². The Hall–Kier alpha value is -1.72. The van der Waals surface area contributed by atoms with Crippen molar-refractivity contribution >= 4 is 0 Å². The maximum atomic E-state index is 11.1. The van der Waals surface area contributed by atoms with Gasteiger partial charge in [0.15, 0.2) is 11.5 Å². The Kier molecular flexibility index (Phi) is 4.40. The second-order valence-corrected chi connectivity index (χ2v) is 7.72. The lowest BCUT2D eigenvalue weighted by Crippen LogP contribution is -2.61. The summed E-state index contributed by atoms with van der Waals surface area (Å²) >= 11 is 0. The van der Waals surface area contributed by atoms with Gasteiger partial charge in [0.25, 0.3) is 0 Å². The van der Waals surface area contributed by atoms with Crippen LogP contribution in [0.3, 0.4) is 0 Å². The summed E-state index contributed by atoms with van der Waals surface area (Å²) < 4.78 is 17.3. The zero-order valence-electron chi connectivity index (χ0n) is 16.1. The van der Waals surface area contributed by atoms with E-state index in [1.165, 1.54) is 0 Å². The number of likely N-dealkylation sites (N-methyl/N-ethyl adjacent to an activating group) is 1. The Balaban J connectivity index is 1.96. The third kappa shape index (κ3) is 2.30. The highest BCUT2D eigenvalue weighted by atomic mass is 16.5. The van der Waals surface area contributed by atoms with Gasteiger partial charge in [-0.2, -0.15) is 0 Å². The number of piperidine rings is 1. The lowest BCUT2D eigenvalue weighted by molar-refractivity contribution is -0.0877. The molecule has 26 heavy (non-hydrogen) atoms. The molecule has 2 aliphatic carbocycles. The third-order valence-electron chi connectivity index (χ3n) is 6.77. The van der Waals surface area contributed by atoms with Crippen LogP contribution in [0, 0.1) is 5.92 Å². The first-order chi connectivity index (χ1) is 12.6. The van der Waals surface area contributed by atoms with Crippen LogP contribution < -0.4 is 4.74 Å².